The molecule has 0 bridgehead atoms. The monoisotopic (exact) mass is 306 g/mol. The molecule has 0 fully saturated rings. The lowest BCUT2D eigenvalue weighted by Gasteiger charge is -2.11. The van der Waals surface area contributed by atoms with Crippen LogP contribution >= 0.6 is 0 Å². The Labute approximate surface area is 133 Å². The minimum absolute atomic E-state index is 0.00363. The lowest BCUT2D eigenvalue weighted by molar-refractivity contribution is 0.0699. The number of rotatable bonds is 3. The number of phenols is 1. The van der Waals surface area contributed by atoms with Crippen LogP contribution in [0.4, 0.5) is 0 Å². The lowest BCUT2D eigenvalue weighted by Crippen LogP contribution is -2.17. The molecule has 1 heterocycles. The quantitative estimate of drug-likeness (QED) is 0.642. The highest BCUT2D eigenvalue weighted by molar-refractivity contribution is 6.48. The molecule has 1 aromatic heterocycles. The summed E-state index contributed by atoms with van der Waals surface area (Å²) in [5, 5.41) is 28.9. The molecule has 0 saturated carbocycles. The summed E-state index contributed by atoms with van der Waals surface area (Å²) in [4.78, 5) is 16.1. The van der Waals surface area contributed by atoms with Crippen molar-refractivity contribution in [2.45, 2.75) is 6.92 Å². The number of aromatic carboxylic acids is 1. The van der Waals surface area contributed by atoms with Crippen molar-refractivity contribution >= 4 is 29.8 Å². The Hall–Kier alpha value is -2.86. The molecule has 3 aromatic rings. The summed E-state index contributed by atoms with van der Waals surface area (Å²) in [6.45, 7) is 1.89. The summed E-state index contributed by atoms with van der Waals surface area (Å²) in [5.41, 5.74) is 2.96. The number of aromatic nitrogens is 1. The van der Waals surface area contributed by atoms with Crippen molar-refractivity contribution in [3.8, 4) is 17.0 Å². The van der Waals surface area contributed by atoms with Crippen LogP contribution in [0.15, 0.2) is 42.5 Å². The van der Waals surface area contributed by atoms with Gasteiger partial charge in [-0.25, -0.2) is 9.78 Å². The molecule has 2 aromatic carbocycles. The number of benzene rings is 2. The molecular formula is C17H13BNO4. The van der Waals surface area contributed by atoms with Gasteiger partial charge in [0, 0.05) is 5.39 Å². The fourth-order valence-electron chi connectivity index (χ4n) is 2.54. The largest absolute Gasteiger partial charge is 0.508 e. The summed E-state index contributed by atoms with van der Waals surface area (Å²) in [5.74, 6) is -1.04. The van der Waals surface area contributed by atoms with Gasteiger partial charge in [-0.3, -0.25) is 0 Å². The summed E-state index contributed by atoms with van der Waals surface area (Å²) < 4.78 is 0. The number of aromatic hydroxyl groups is 1. The minimum atomic E-state index is -1.04. The molecule has 0 aliphatic rings. The SMILES string of the molecule is Cc1ccc2nc(-c3ccc(O)cc3[B]O)cc(C(=O)O)c2c1. The van der Waals surface area contributed by atoms with E-state index in [-0.39, 0.29) is 11.3 Å². The molecule has 3 N–H and O–H groups in total. The van der Waals surface area contributed by atoms with Gasteiger partial charge in [0.05, 0.1) is 16.8 Å². The number of hydrogen-bond donors (Lipinski definition) is 3. The van der Waals surface area contributed by atoms with Gasteiger partial charge in [-0.1, -0.05) is 11.6 Å². The van der Waals surface area contributed by atoms with Crippen LogP contribution in [-0.4, -0.2) is 33.7 Å². The number of hydrogen-bond acceptors (Lipinski definition) is 4. The van der Waals surface area contributed by atoms with Crippen molar-refractivity contribution in [2.24, 2.45) is 0 Å². The number of phenolic OH excluding ortho intramolecular Hbond substituents is 1. The van der Waals surface area contributed by atoms with Crippen LogP contribution in [-0.2, 0) is 0 Å². The van der Waals surface area contributed by atoms with E-state index in [1.54, 1.807) is 18.2 Å². The second-order valence-electron chi connectivity index (χ2n) is 5.28. The summed E-state index contributed by atoms with van der Waals surface area (Å²) in [6, 6.07) is 11.3. The molecule has 1 radical (unpaired) electrons. The number of pyridine rings is 1. The maximum absolute atomic E-state index is 11.6. The van der Waals surface area contributed by atoms with Gasteiger partial charge >= 0.3 is 13.5 Å². The van der Waals surface area contributed by atoms with Gasteiger partial charge in [0.25, 0.3) is 0 Å². The minimum Gasteiger partial charge on any atom is -0.508 e. The highest BCUT2D eigenvalue weighted by Gasteiger charge is 2.15. The molecule has 0 unspecified atom stereocenters. The van der Waals surface area contributed by atoms with Gasteiger partial charge in [-0.05, 0) is 54.3 Å². The molecule has 5 nitrogen and oxygen atoms in total. The summed E-state index contributed by atoms with van der Waals surface area (Å²) in [6.07, 6.45) is 0. The van der Waals surface area contributed by atoms with Crippen LogP contribution in [0.5, 0.6) is 5.75 Å². The third-order valence-electron chi connectivity index (χ3n) is 3.64. The topological polar surface area (TPSA) is 90.7 Å². The van der Waals surface area contributed by atoms with E-state index in [2.05, 4.69) is 4.98 Å². The van der Waals surface area contributed by atoms with E-state index < -0.39 is 5.97 Å². The Balaban J connectivity index is 2.31. The fourth-order valence-corrected chi connectivity index (χ4v) is 2.54. The predicted octanol–water partition coefficient (Wildman–Crippen LogP) is 1.85. The number of nitrogens with zero attached hydrogens (tertiary/aromatic N) is 1. The van der Waals surface area contributed by atoms with Crippen LogP contribution in [0.3, 0.4) is 0 Å². The van der Waals surface area contributed by atoms with E-state index in [0.717, 1.165) is 13.0 Å². The van der Waals surface area contributed by atoms with Crippen molar-refractivity contribution in [1.82, 2.24) is 4.98 Å². The molecule has 0 aliphatic carbocycles. The predicted molar refractivity (Wildman–Crippen MR) is 88.1 cm³/mol. The van der Waals surface area contributed by atoms with Crippen LogP contribution in [0.2, 0.25) is 0 Å². The van der Waals surface area contributed by atoms with Crippen LogP contribution in [0.1, 0.15) is 15.9 Å². The van der Waals surface area contributed by atoms with Gasteiger partial charge in [0.1, 0.15) is 5.75 Å². The Morgan fingerprint density at radius 3 is 2.61 bits per heavy atom. The molecule has 3 rings (SSSR count). The first kappa shape index (κ1) is 15.1. The van der Waals surface area contributed by atoms with Crippen molar-refractivity contribution < 1.29 is 20.0 Å². The van der Waals surface area contributed by atoms with Crippen molar-refractivity contribution in [2.75, 3.05) is 0 Å². The molecule has 23 heavy (non-hydrogen) atoms. The van der Waals surface area contributed by atoms with E-state index in [9.17, 15) is 20.0 Å². The first-order valence-electron chi connectivity index (χ1n) is 6.95. The van der Waals surface area contributed by atoms with E-state index in [0.29, 0.717) is 27.6 Å². The zero-order valence-corrected chi connectivity index (χ0v) is 12.3. The Kier molecular flexibility index (Phi) is 3.76. The number of carbonyl (C=O) groups is 1. The first-order chi connectivity index (χ1) is 11.0. The number of carboxylic acids is 1. The Morgan fingerprint density at radius 2 is 1.91 bits per heavy atom. The zero-order valence-electron chi connectivity index (χ0n) is 12.3. The Morgan fingerprint density at radius 1 is 1.13 bits per heavy atom. The maximum atomic E-state index is 11.6. The molecule has 6 heteroatoms. The third-order valence-corrected chi connectivity index (χ3v) is 3.64. The maximum Gasteiger partial charge on any atom is 0.336 e. The average Bonchev–Trinajstić information content (AvgIpc) is 2.53. The first-order valence-corrected chi connectivity index (χ1v) is 6.95. The van der Waals surface area contributed by atoms with Gasteiger partial charge < -0.3 is 15.2 Å². The Bertz CT molecular complexity index is 924. The highest BCUT2D eigenvalue weighted by atomic mass is 16.4. The number of carboxylic acid groups (broad SMARTS) is 1. The summed E-state index contributed by atoms with van der Waals surface area (Å²) in [7, 11) is 0.858. The molecule has 0 aliphatic heterocycles. The smallest absolute Gasteiger partial charge is 0.336 e. The molecule has 0 spiro atoms. The van der Waals surface area contributed by atoms with E-state index in [1.165, 1.54) is 18.2 Å². The van der Waals surface area contributed by atoms with Gasteiger partial charge in [-0.15, -0.1) is 0 Å². The number of fused-ring (bicyclic) bond motifs is 1. The second-order valence-corrected chi connectivity index (χ2v) is 5.28. The van der Waals surface area contributed by atoms with Crippen LogP contribution in [0, 0.1) is 6.92 Å². The van der Waals surface area contributed by atoms with Gasteiger partial charge in [0.15, 0.2) is 0 Å². The van der Waals surface area contributed by atoms with E-state index in [4.69, 9.17) is 0 Å². The lowest BCUT2D eigenvalue weighted by atomic mass is 9.82. The number of aryl methyl sites for hydroxylation is 1. The third kappa shape index (κ3) is 2.76. The second kappa shape index (κ2) is 5.74. The molecule has 0 amide bonds. The normalized spacial score (nSPS) is 10.7. The van der Waals surface area contributed by atoms with E-state index in [1.807, 2.05) is 13.0 Å². The standard InChI is InChI=1S/C17H13BNO4/c1-9-2-5-15-12(6-9)13(17(21)22)8-16(19-15)11-4-3-10(20)7-14(11)18-23/h2-8,20,23H,1H3,(H,21,22). The van der Waals surface area contributed by atoms with Crippen molar-refractivity contribution in [3.63, 3.8) is 0 Å². The molecule has 0 atom stereocenters. The van der Waals surface area contributed by atoms with Crippen LogP contribution < -0.4 is 5.46 Å². The average molecular weight is 306 g/mol. The summed E-state index contributed by atoms with van der Waals surface area (Å²) >= 11 is 0. The van der Waals surface area contributed by atoms with Gasteiger partial charge in [-0.2, -0.15) is 0 Å². The van der Waals surface area contributed by atoms with Crippen molar-refractivity contribution in [1.29, 1.82) is 0 Å². The molecule has 113 valence electrons. The van der Waals surface area contributed by atoms with Gasteiger partial charge in [0.2, 0.25) is 0 Å². The van der Waals surface area contributed by atoms with Crippen LogP contribution in [0.25, 0.3) is 22.2 Å². The fraction of sp³-hybridized carbons (Fsp3) is 0.0588. The molecular weight excluding hydrogens is 293 g/mol. The van der Waals surface area contributed by atoms with E-state index >= 15 is 0 Å². The highest BCUT2D eigenvalue weighted by Crippen LogP contribution is 2.26. The molecule has 0 saturated heterocycles. The zero-order chi connectivity index (χ0) is 16.6. The van der Waals surface area contributed by atoms with Crippen molar-refractivity contribution in [3.05, 3.63) is 53.6 Å².